The van der Waals surface area contributed by atoms with Crippen molar-refractivity contribution in [2.75, 3.05) is 28.2 Å². The Morgan fingerprint density at radius 1 is 1.24 bits per heavy atom. The van der Waals surface area contributed by atoms with Crippen LogP contribution in [0.3, 0.4) is 0 Å². The Labute approximate surface area is 117 Å². The summed E-state index contributed by atoms with van der Waals surface area (Å²) >= 11 is 14.0. The highest BCUT2D eigenvalue weighted by molar-refractivity contribution is 8.12. The van der Waals surface area contributed by atoms with Crippen molar-refractivity contribution in [1.82, 2.24) is 4.90 Å². The van der Waals surface area contributed by atoms with Gasteiger partial charge in [0.2, 0.25) is 0 Å². The third kappa shape index (κ3) is 4.09. The first-order chi connectivity index (χ1) is 7.93. The van der Waals surface area contributed by atoms with Crippen LogP contribution in [0.1, 0.15) is 5.56 Å². The maximum absolute atomic E-state index is 6.14. The van der Waals surface area contributed by atoms with Crippen LogP contribution in [0.4, 0.5) is 0 Å². The minimum absolute atomic E-state index is 0.724. The van der Waals surface area contributed by atoms with E-state index in [1.165, 1.54) is 5.17 Å². The van der Waals surface area contributed by atoms with E-state index in [0.29, 0.717) is 0 Å². The van der Waals surface area contributed by atoms with Gasteiger partial charge in [-0.05, 0) is 29.5 Å². The van der Waals surface area contributed by atoms with Gasteiger partial charge in [0.1, 0.15) is 0 Å². The van der Waals surface area contributed by atoms with Gasteiger partial charge >= 0.3 is 5.17 Å². The molecule has 17 heavy (non-hydrogen) atoms. The summed E-state index contributed by atoms with van der Waals surface area (Å²) in [5.74, 6) is 0.768. The molecule has 0 atom stereocenters. The van der Waals surface area contributed by atoms with Crippen LogP contribution in [0.2, 0.25) is 10.0 Å². The molecule has 94 valence electrons. The largest absolute Gasteiger partial charge is 0.307 e. The molecule has 0 amide bonds. The van der Waals surface area contributed by atoms with Crippen molar-refractivity contribution in [3.05, 3.63) is 33.8 Å². The number of amidine groups is 1. The summed E-state index contributed by atoms with van der Waals surface area (Å²) in [7, 11) is 8.10. The summed E-state index contributed by atoms with van der Waals surface area (Å²) in [5, 5.41) is 2.62. The number of benzene rings is 1. The SMILES string of the molecule is CN(C)C(SCc1c(Cl)cccc1Cl)=[N+](C)C. The molecule has 0 radical (unpaired) electrons. The molecule has 0 spiro atoms. The van der Waals surface area contributed by atoms with Gasteiger partial charge in [0.15, 0.2) is 0 Å². The molecule has 0 heterocycles. The quantitative estimate of drug-likeness (QED) is 0.468. The minimum Gasteiger partial charge on any atom is -0.262 e. The van der Waals surface area contributed by atoms with Gasteiger partial charge in [0.25, 0.3) is 0 Å². The second-order valence-electron chi connectivity index (χ2n) is 4.06. The minimum atomic E-state index is 0.724. The van der Waals surface area contributed by atoms with Crippen molar-refractivity contribution in [3.8, 4) is 0 Å². The van der Waals surface area contributed by atoms with Crippen molar-refractivity contribution in [1.29, 1.82) is 0 Å². The van der Waals surface area contributed by atoms with Gasteiger partial charge in [-0.1, -0.05) is 29.3 Å². The van der Waals surface area contributed by atoms with Crippen molar-refractivity contribution in [2.45, 2.75) is 5.75 Å². The van der Waals surface area contributed by atoms with Crippen LogP contribution < -0.4 is 0 Å². The van der Waals surface area contributed by atoms with Gasteiger partial charge in [0.05, 0.1) is 28.2 Å². The standard InChI is InChI=1S/C12H17Cl2N2S/c1-15(2)12(16(3)4)17-8-9-10(13)6-5-7-11(9)14/h5-7H,8H2,1-4H3/q+1. The Hall–Kier alpha value is -0.380. The molecule has 2 nitrogen and oxygen atoms in total. The number of halogens is 2. The normalized spacial score (nSPS) is 10.2. The van der Waals surface area contributed by atoms with E-state index in [2.05, 4.69) is 9.48 Å². The van der Waals surface area contributed by atoms with Crippen LogP contribution in [0.15, 0.2) is 18.2 Å². The van der Waals surface area contributed by atoms with E-state index < -0.39 is 0 Å². The third-order valence-electron chi connectivity index (χ3n) is 2.17. The second kappa shape index (κ2) is 6.53. The second-order valence-corrected chi connectivity index (χ2v) is 5.82. The van der Waals surface area contributed by atoms with Crippen LogP contribution in [-0.4, -0.2) is 42.8 Å². The Morgan fingerprint density at radius 2 is 1.76 bits per heavy atom. The third-order valence-corrected chi connectivity index (χ3v) is 4.30. The lowest BCUT2D eigenvalue weighted by molar-refractivity contribution is -0.466. The lowest BCUT2D eigenvalue weighted by Crippen LogP contribution is -2.26. The van der Waals surface area contributed by atoms with E-state index in [1.807, 2.05) is 46.4 Å². The summed E-state index contributed by atoms with van der Waals surface area (Å²) in [6, 6.07) is 5.60. The van der Waals surface area contributed by atoms with Gasteiger partial charge in [-0.3, -0.25) is 9.48 Å². The molecule has 1 aromatic rings. The van der Waals surface area contributed by atoms with Gasteiger partial charge in [-0.2, -0.15) is 0 Å². The first-order valence-electron chi connectivity index (χ1n) is 5.20. The Bertz CT molecular complexity index is 406. The van der Waals surface area contributed by atoms with E-state index in [4.69, 9.17) is 23.2 Å². The average molecular weight is 292 g/mol. The molecule has 0 fully saturated rings. The average Bonchev–Trinajstić information content (AvgIpc) is 2.21. The summed E-state index contributed by atoms with van der Waals surface area (Å²) in [6.45, 7) is 0. The topological polar surface area (TPSA) is 6.25 Å². The first kappa shape index (κ1) is 14.7. The molecule has 5 heteroatoms. The lowest BCUT2D eigenvalue weighted by atomic mass is 10.2. The summed E-state index contributed by atoms with van der Waals surface area (Å²) in [6.07, 6.45) is 0. The van der Waals surface area contributed by atoms with E-state index in [1.54, 1.807) is 11.8 Å². The van der Waals surface area contributed by atoms with Crippen LogP contribution in [0.25, 0.3) is 0 Å². The van der Waals surface area contributed by atoms with E-state index >= 15 is 0 Å². The Balaban J connectivity index is 2.84. The smallest absolute Gasteiger partial charge is 0.262 e. The summed E-state index contributed by atoms with van der Waals surface area (Å²) in [5.41, 5.74) is 0.988. The van der Waals surface area contributed by atoms with E-state index in [9.17, 15) is 0 Å². The molecule has 1 rings (SSSR count). The van der Waals surface area contributed by atoms with Gasteiger partial charge in [0, 0.05) is 15.8 Å². The molecule has 0 bridgehead atoms. The number of hydrogen-bond acceptors (Lipinski definition) is 1. The predicted octanol–water partition coefficient (Wildman–Crippen LogP) is 3.42. The zero-order chi connectivity index (χ0) is 13.0. The zero-order valence-corrected chi connectivity index (χ0v) is 12.8. The molecule has 0 saturated carbocycles. The van der Waals surface area contributed by atoms with Crippen molar-refractivity contribution >= 4 is 40.1 Å². The number of hydrogen-bond donors (Lipinski definition) is 0. The Kier molecular flexibility index (Phi) is 5.63. The molecule has 0 aliphatic heterocycles. The highest BCUT2D eigenvalue weighted by Gasteiger charge is 2.14. The molecular weight excluding hydrogens is 275 g/mol. The van der Waals surface area contributed by atoms with Gasteiger partial charge in [-0.15, -0.1) is 0 Å². The lowest BCUT2D eigenvalue weighted by Gasteiger charge is -2.11. The molecule has 0 N–H and O–H groups in total. The summed E-state index contributed by atoms with van der Waals surface area (Å²) < 4.78 is 2.08. The zero-order valence-electron chi connectivity index (χ0n) is 10.5. The number of nitrogens with zero attached hydrogens (tertiary/aromatic N) is 2. The van der Waals surface area contributed by atoms with Crippen LogP contribution in [-0.2, 0) is 5.75 Å². The van der Waals surface area contributed by atoms with Gasteiger partial charge < -0.3 is 0 Å². The molecule has 0 unspecified atom stereocenters. The predicted molar refractivity (Wildman–Crippen MR) is 78.6 cm³/mol. The molecule has 0 aliphatic rings. The maximum atomic E-state index is 6.14. The molecule has 1 aromatic carbocycles. The number of rotatable bonds is 2. The number of thioether (sulfide) groups is 1. The van der Waals surface area contributed by atoms with Crippen LogP contribution in [0.5, 0.6) is 0 Å². The molecule has 0 aliphatic carbocycles. The van der Waals surface area contributed by atoms with Crippen LogP contribution >= 0.6 is 35.0 Å². The summed E-state index contributed by atoms with van der Waals surface area (Å²) in [4.78, 5) is 2.08. The monoisotopic (exact) mass is 291 g/mol. The maximum Gasteiger partial charge on any atom is 0.307 e. The fourth-order valence-electron chi connectivity index (χ4n) is 1.47. The van der Waals surface area contributed by atoms with Crippen molar-refractivity contribution in [3.63, 3.8) is 0 Å². The van der Waals surface area contributed by atoms with Crippen LogP contribution in [0, 0.1) is 0 Å². The molecular formula is C12H17Cl2N2S+. The first-order valence-corrected chi connectivity index (χ1v) is 6.95. The highest BCUT2D eigenvalue weighted by atomic mass is 35.5. The highest BCUT2D eigenvalue weighted by Crippen LogP contribution is 2.28. The van der Waals surface area contributed by atoms with Crippen molar-refractivity contribution in [2.24, 2.45) is 0 Å². The van der Waals surface area contributed by atoms with Gasteiger partial charge in [-0.25, -0.2) is 0 Å². The molecule has 0 saturated heterocycles. The van der Waals surface area contributed by atoms with E-state index in [-0.39, 0.29) is 0 Å². The molecule has 0 aromatic heterocycles. The fraction of sp³-hybridized carbons (Fsp3) is 0.417. The van der Waals surface area contributed by atoms with E-state index in [0.717, 1.165) is 21.4 Å². The fourth-order valence-corrected chi connectivity index (χ4v) is 3.26. The van der Waals surface area contributed by atoms with Crippen molar-refractivity contribution < 1.29 is 4.58 Å². The Morgan fingerprint density at radius 3 is 2.18 bits per heavy atom.